The van der Waals surface area contributed by atoms with Crippen LogP contribution in [-0.2, 0) is 10.2 Å². The van der Waals surface area contributed by atoms with E-state index in [0.29, 0.717) is 28.7 Å². The highest BCUT2D eigenvalue weighted by Gasteiger charge is 2.43. The summed E-state index contributed by atoms with van der Waals surface area (Å²) in [6.45, 7) is 14.1. The van der Waals surface area contributed by atoms with Gasteiger partial charge in [-0.25, -0.2) is 14.5 Å². The lowest BCUT2D eigenvalue weighted by atomic mass is 9.88. The minimum Gasteiger partial charge on any atom is -0.324 e. The van der Waals surface area contributed by atoms with Crippen molar-refractivity contribution in [2.24, 2.45) is 0 Å². The van der Waals surface area contributed by atoms with Gasteiger partial charge in [0.05, 0.1) is 35.9 Å². The Morgan fingerprint density at radius 2 is 1.76 bits per heavy atom. The normalized spacial score (nSPS) is 15.6. The van der Waals surface area contributed by atoms with Gasteiger partial charge in [-0.1, -0.05) is 53.1 Å². The summed E-state index contributed by atoms with van der Waals surface area (Å²) in [4.78, 5) is 23.5. The Kier molecular flexibility index (Phi) is 7.66. The molecule has 9 nitrogen and oxygen atoms in total. The fraction of sp³-hybridized carbons (Fsp3) is 0.417. The topological polar surface area (TPSA) is 103 Å². The van der Waals surface area contributed by atoms with Gasteiger partial charge in [-0.15, -0.1) is 4.80 Å². The minimum absolute atomic E-state index is 0.104. The maximum Gasteiger partial charge on any atom is 0.232 e. The predicted octanol–water partition coefficient (Wildman–Crippen LogP) is 5.12. The third kappa shape index (κ3) is 4.65. The highest BCUT2D eigenvalue weighted by Crippen LogP contribution is 2.46. The number of hydrogen-bond donors (Lipinski definition) is 1. The molecule has 4 aromatic rings. The first kappa shape index (κ1) is 25.3. The van der Waals surface area contributed by atoms with Crippen molar-refractivity contribution in [3.63, 3.8) is 0 Å². The van der Waals surface area contributed by atoms with Crippen LogP contribution in [0.25, 0.3) is 11.5 Å². The number of carbonyl (C=O) groups excluding carboxylic acids is 1. The van der Waals surface area contributed by atoms with Crippen molar-refractivity contribution in [1.29, 1.82) is 0 Å². The Morgan fingerprint density at radius 3 is 2.41 bits per heavy atom. The average Bonchev–Trinajstić information content (AvgIpc) is 3.54. The highest BCUT2D eigenvalue weighted by molar-refractivity contribution is 6.29. The predicted molar refractivity (Wildman–Crippen MR) is 134 cm³/mol. The molecule has 0 saturated carbocycles. The smallest absolute Gasteiger partial charge is 0.232 e. The average molecular weight is 483 g/mol. The van der Waals surface area contributed by atoms with Gasteiger partial charge < -0.3 is 5.32 Å². The Labute approximate surface area is 204 Å². The molecule has 1 aliphatic carbocycles. The lowest BCUT2D eigenvalue weighted by Gasteiger charge is -2.19. The highest BCUT2D eigenvalue weighted by atomic mass is 35.5. The molecular weight excluding hydrogens is 452 g/mol. The fourth-order valence-electron chi connectivity index (χ4n) is 4.20. The molecule has 5 rings (SSSR count). The van der Waals surface area contributed by atoms with Crippen molar-refractivity contribution in [1.82, 2.24) is 34.6 Å². The summed E-state index contributed by atoms with van der Waals surface area (Å²) in [5, 5.41) is 15.9. The maximum atomic E-state index is 13.2. The van der Waals surface area contributed by atoms with Gasteiger partial charge in [-0.2, -0.15) is 15.3 Å². The number of nitrogens with zero attached hydrogens (tertiary/aromatic N) is 7. The number of halogens is 1. The number of aromatic nitrogens is 7. The Balaban J connectivity index is 0.000000771. The lowest BCUT2D eigenvalue weighted by molar-refractivity contribution is -0.117. The quantitative estimate of drug-likeness (QED) is 0.434. The molecule has 34 heavy (non-hydrogen) atoms. The van der Waals surface area contributed by atoms with Crippen LogP contribution in [0.2, 0.25) is 5.15 Å². The van der Waals surface area contributed by atoms with E-state index in [1.165, 1.54) is 4.80 Å². The van der Waals surface area contributed by atoms with Gasteiger partial charge in [0.2, 0.25) is 5.91 Å². The first-order valence-corrected chi connectivity index (χ1v) is 11.9. The molecule has 1 aliphatic rings. The van der Waals surface area contributed by atoms with Gasteiger partial charge in [0.15, 0.2) is 16.6 Å². The molecule has 1 atom stereocenters. The van der Waals surface area contributed by atoms with Crippen LogP contribution >= 0.6 is 11.6 Å². The van der Waals surface area contributed by atoms with E-state index in [1.54, 1.807) is 35.4 Å². The number of rotatable bonds is 3. The minimum atomic E-state index is -0.345. The summed E-state index contributed by atoms with van der Waals surface area (Å²) < 4.78 is 1.75. The van der Waals surface area contributed by atoms with E-state index in [2.05, 4.69) is 44.4 Å². The molecule has 0 radical (unpaired) electrons. The van der Waals surface area contributed by atoms with E-state index in [1.807, 2.05) is 40.7 Å². The molecule has 1 N–H and O–H groups in total. The molecule has 0 spiro atoms. The van der Waals surface area contributed by atoms with Crippen molar-refractivity contribution in [2.75, 3.05) is 5.32 Å². The van der Waals surface area contributed by atoms with Gasteiger partial charge in [0.25, 0.3) is 0 Å². The van der Waals surface area contributed by atoms with Crippen molar-refractivity contribution in [3.8, 4) is 5.82 Å². The fourth-order valence-corrected chi connectivity index (χ4v) is 4.38. The third-order valence-electron chi connectivity index (χ3n) is 5.46. The van der Waals surface area contributed by atoms with Crippen LogP contribution in [0.15, 0.2) is 36.9 Å². The summed E-state index contributed by atoms with van der Waals surface area (Å²) in [7, 11) is 0. The molecule has 4 aromatic heterocycles. The van der Waals surface area contributed by atoms with Crippen LogP contribution in [-0.4, -0.2) is 40.5 Å². The summed E-state index contributed by atoms with van der Waals surface area (Å²) in [6.07, 6.45) is 7.20. The molecular formula is C24H31ClN8O. The van der Waals surface area contributed by atoms with E-state index >= 15 is 0 Å². The SMILES string of the molecule is CC.CC.Cc1cc(NC(=O)C2CC(C)(C)c3c2cnc2cc(Cl)nn32)cnc1-n1nccn1. The Hall–Kier alpha value is -3.33. The second-order valence-corrected chi connectivity index (χ2v) is 8.50. The van der Waals surface area contributed by atoms with E-state index in [-0.39, 0.29) is 17.2 Å². The number of anilines is 1. The zero-order valence-corrected chi connectivity index (χ0v) is 21.4. The van der Waals surface area contributed by atoms with Crippen molar-refractivity contribution in [3.05, 3.63) is 58.9 Å². The molecule has 1 amide bonds. The summed E-state index contributed by atoms with van der Waals surface area (Å²) in [5.41, 5.74) is 3.73. The molecule has 0 aliphatic heterocycles. The van der Waals surface area contributed by atoms with Crippen LogP contribution in [0, 0.1) is 6.92 Å². The van der Waals surface area contributed by atoms with Crippen LogP contribution in [0.5, 0.6) is 0 Å². The maximum absolute atomic E-state index is 13.2. The van der Waals surface area contributed by atoms with Crippen molar-refractivity contribution >= 4 is 28.8 Å². The van der Waals surface area contributed by atoms with E-state index < -0.39 is 0 Å². The summed E-state index contributed by atoms with van der Waals surface area (Å²) in [6, 6.07) is 3.58. The zero-order valence-electron chi connectivity index (χ0n) is 20.7. The molecule has 10 heteroatoms. The Bertz CT molecular complexity index is 1280. The van der Waals surface area contributed by atoms with E-state index in [9.17, 15) is 4.79 Å². The second kappa shape index (κ2) is 10.3. The van der Waals surface area contributed by atoms with Gasteiger partial charge in [0.1, 0.15) is 0 Å². The number of carbonyl (C=O) groups is 1. The molecule has 0 fully saturated rings. The van der Waals surface area contributed by atoms with E-state index in [0.717, 1.165) is 16.8 Å². The van der Waals surface area contributed by atoms with E-state index in [4.69, 9.17) is 11.6 Å². The van der Waals surface area contributed by atoms with Gasteiger partial charge >= 0.3 is 0 Å². The number of aryl methyl sites for hydroxylation is 1. The molecule has 0 aromatic carbocycles. The number of pyridine rings is 1. The molecule has 1 unspecified atom stereocenters. The van der Waals surface area contributed by atoms with Gasteiger partial charge in [-0.05, 0) is 25.0 Å². The largest absolute Gasteiger partial charge is 0.324 e. The lowest BCUT2D eigenvalue weighted by Crippen LogP contribution is -2.22. The first-order valence-electron chi connectivity index (χ1n) is 11.5. The van der Waals surface area contributed by atoms with Crippen molar-refractivity contribution in [2.45, 2.75) is 66.2 Å². The second-order valence-electron chi connectivity index (χ2n) is 8.11. The molecule has 0 saturated heterocycles. The molecule has 0 bridgehead atoms. The molecule has 4 heterocycles. The van der Waals surface area contributed by atoms with Gasteiger partial charge in [-0.3, -0.25) is 4.79 Å². The Morgan fingerprint density at radius 1 is 1.09 bits per heavy atom. The summed E-state index contributed by atoms with van der Waals surface area (Å²) >= 11 is 6.08. The number of fused-ring (bicyclic) bond motifs is 3. The third-order valence-corrected chi connectivity index (χ3v) is 5.64. The number of hydrogen-bond acceptors (Lipinski definition) is 6. The van der Waals surface area contributed by atoms with Crippen LogP contribution in [0.4, 0.5) is 5.69 Å². The van der Waals surface area contributed by atoms with Crippen LogP contribution < -0.4 is 5.32 Å². The van der Waals surface area contributed by atoms with Crippen LogP contribution in [0.3, 0.4) is 0 Å². The zero-order chi connectivity index (χ0) is 25.0. The first-order chi connectivity index (χ1) is 16.3. The van der Waals surface area contributed by atoms with Crippen molar-refractivity contribution < 1.29 is 4.79 Å². The number of nitrogens with one attached hydrogen (secondary N) is 1. The monoisotopic (exact) mass is 482 g/mol. The molecule has 180 valence electrons. The standard InChI is InChI=1S/C20H19ClN8O.2C2H6/c1-11-6-12(9-23-18(11)29-24-4-5-25-29)26-19(30)13-8-20(2,3)17-14(13)10-22-16-7-15(21)27-28(16)17;2*1-2/h4-7,9-10,13H,8H2,1-3H3,(H,26,30);2*1-2H3. The summed E-state index contributed by atoms with van der Waals surface area (Å²) in [5.74, 6) is 0.169. The van der Waals surface area contributed by atoms with Crippen LogP contribution in [0.1, 0.15) is 70.7 Å². The van der Waals surface area contributed by atoms with Gasteiger partial charge in [0, 0.05) is 23.2 Å². The number of amides is 1.